The van der Waals surface area contributed by atoms with Gasteiger partial charge in [-0.05, 0) is 30.5 Å². The predicted octanol–water partition coefficient (Wildman–Crippen LogP) is 2.73. The van der Waals surface area contributed by atoms with Crippen LogP contribution in [0.2, 0.25) is 5.02 Å². The number of carbonyl (C=O) groups excluding carboxylic acids is 1. The number of hydrogen-bond donors (Lipinski definition) is 1. The van der Waals surface area contributed by atoms with Crippen LogP contribution in [0.3, 0.4) is 0 Å². The highest BCUT2D eigenvalue weighted by Crippen LogP contribution is 2.36. The van der Waals surface area contributed by atoms with Gasteiger partial charge < -0.3 is 10.6 Å². The van der Waals surface area contributed by atoms with Gasteiger partial charge in [0.2, 0.25) is 5.91 Å². The van der Waals surface area contributed by atoms with E-state index in [-0.39, 0.29) is 5.91 Å². The first-order valence-corrected chi connectivity index (χ1v) is 6.25. The van der Waals surface area contributed by atoms with Gasteiger partial charge in [0.15, 0.2) is 0 Å². The summed E-state index contributed by atoms with van der Waals surface area (Å²) in [6.45, 7) is 5.01. The maximum Gasteiger partial charge on any atom is 0.248 e. The summed E-state index contributed by atoms with van der Waals surface area (Å²) in [5.41, 5.74) is 7.65. The van der Waals surface area contributed by atoms with Crippen molar-refractivity contribution in [2.45, 2.75) is 26.3 Å². The molecule has 1 aromatic carbocycles. The fourth-order valence-corrected chi connectivity index (χ4v) is 2.24. The maximum atomic E-state index is 12.0. The molecular weight excluding hydrogens is 236 g/mol. The van der Waals surface area contributed by atoms with Crippen LogP contribution in [0.25, 0.3) is 0 Å². The number of fused-ring (bicyclic) bond motifs is 1. The first kappa shape index (κ1) is 12.4. The number of nitrogens with zero attached hydrogens (tertiary/aromatic N) is 1. The molecule has 0 saturated carbocycles. The van der Waals surface area contributed by atoms with Gasteiger partial charge in [-0.2, -0.15) is 0 Å². The fourth-order valence-electron chi connectivity index (χ4n) is 2.06. The number of hydrogen-bond acceptors (Lipinski definition) is 2. The third-order valence-electron chi connectivity index (χ3n) is 3.08. The molecule has 1 heterocycles. The average molecular weight is 253 g/mol. The van der Waals surface area contributed by atoms with Crippen LogP contribution in [0.15, 0.2) is 18.2 Å². The van der Waals surface area contributed by atoms with Crippen LogP contribution in [0, 0.1) is 5.92 Å². The molecule has 17 heavy (non-hydrogen) atoms. The van der Waals surface area contributed by atoms with E-state index in [1.54, 1.807) is 17.0 Å². The predicted molar refractivity (Wildman–Crippen MR) is 70.2 cm³/mol. The van der Waals surface area contributed by atoms with Crippen molar-refractivity contribution < 1.29 is 4.79 Å². The van der Waals surface area contributed by atoms with Crippen molar-refractivity contribution in [3.05, 3.63) is 28.8 Å². The zero-order valence-electron chi connectivity index (χ0n) is 10.1. The van der Waals surface area contributed by atoms with E-state index < -0.39 is 6.04 Å². The smallest absolute Gasteiger partial charge is 0.248 e. The van der Waals surface area contributed by atoms with Crippen LogP contribution in [-0.2, 0) is 4.79 Å². The van der Waals surface area contributed by atoms with E-state index in [4.69, 9.17) is 17.3 Å². The van der Waals surface area contributed by atoms with E-state index in [0.29, 0.717) is 10.9 Å². The minimum absolute atomic E-state index is 0.0251. The highest BCUT2D eigenvalue weighted by molar-refractivity contribution is 6.31. The number of benzene rings is 1. The average Bonchev–Trinajstić information content (AvgIpc) is 2.50. The first-order chi connectivity index (χ1) is 8.00. The summed E-state index contributed by atoms with van der Waals surface area (Å²) in [5.74, 6) is 0.540. The second-order valence-corrected chi connectivity index (χ2v) is 5.29. The fraction of sp³-hybridized carbons (Fsp3) is 0.462. The van der Waals surface area contributed by atoms with Crippen LogP contribution < -0.4 is 10.6 Å². The van der Waals surface area contributed by atoms with Crippen molar-refractivity contribution in [3.63, 3.8) is 0 Å². The van der Waals surface area contributed by atoms with Crippen molar-refractivity contribution in [2.24, 2.45) is 11.7 Å². The Hall–Kier alpha value is -1.06. The standard InChI is InChI=1S/C13H17ClN2O/c1-8(2)5-6-16-11-4-3-9(14)7-10(11)12(15)13(16)17/h3-4,7-8,12H,5-6,15H2,1-2H3. The van der Waals surface area contributed by atoms with E-state index in [1.165, 1.54) is 0 Å². The molecule has 3 nitrogen and oxygen atoms in total. The van der Waals surface area contributed by atoms with E-state index in [0.717, 1.165) is 24.2 Å². The Morgan fingerprint density at radius 1 is 1.47 bits per heavy atom. The number of anilines is 1. The number of amides is 1. The van der Waals surface area contributed by atoms with Crippen molar-refractivity contribution >= 4 is 23.2 Å². The normalized spacial score (nSPS) is 19.0. The summed E-state index contributed by atoms with van der Waals surface area (Å²) in [7, 11) is 0. The molecule has 0 spiro atoms. The number of rotatable bonds is 3. The molecule has 0 bridgehead atoms. The zero-order chi connectivity index (χ0) is 12.6. The van der Waals surface area contributed by atoms with Gasteiger partial charge in [-0.1, -0.05) is 25.4 Å². The summed E-state index contributed by atoms with van der Waals surface area (Å²) in [6, 6.07) is 4.90. The first-order valence-electron chi connectivity index (χ1n) is 5.87. The Labute approximate surface area is 107 Å². The Bertz CT molecular complexity index is 445. The van der Waals surface area contributed by atoms with Gasteiger partial charge in [0.1, 0.15) is 6.04 Å². The molecule has 1 amide bonds. The highest BCUT2D eigenvalue weighted by atomic mass is 35.5. The van der Waals surface area contributed by atoms with Crippen LogP contribution in [0.5, 0.6) is 0 Å². The van der Waals surface area contributed by atoms with Crippen molar-refractivity contribution in [3.8, 4) is 0 Å². The van der Waals surface area contributed by atoms with Gasteiger partial charge in [-0.15, -0.1) is 0 Å². The molecule has 0 aromatic heterocycles. The second kappa shape index (κ2) is 4.67. The third-order valence-corrected chi connectivity index (χ3v) is 3.31. The van der Waals surface area contributed by atoms with E-state index in [1.807, 2.05) is 6.07 Å². The molecule has 0 radical (unpaired) electrons. The van der Waals surface area contributed by atoms with Gasteiger partial charge in [-0.3, -0.25) is 4.79 Å². The van der Waals surface area contributed by atoms with Gasteiger partial charge in [-0.25, -0.2) is 0 Å². The van der Waals surface area contributed by atoms with Crippen LogP contribution in [0.1, 0.15) is 31.9 Å². The van der Waals surface area contributed by atoms with Gasteiger partial charge in [0, 0.05) is 22.8 Å². The van der Waals surface area contributed by atoms with Crippen molar-refractivity contribution in [1.29, 1.82) is 0 Å². The molecule has 1 aliphatic heterocycles. The van der Waals surface area contributed by atoms with Crippen molar-refractivity contribution in [1.82, 2.24) is 0 Å². The molecule has 2 rings (SSSR count). The minimum Gasteiger partial charge on any atom is -0.316 e. The van der Waals surface area contributed by atoms with Gasteiger partial charge >= 0.3 is 0 Å². The Balaban J connectivity index is 2.28. The lowest BCUT2D eigenvalue weighted by atomic mass is 10.1. The Morgan fingerprint density at radius 3 is 2.82 bits per heavy atom. The minimum atomic E-state index is -0.559. The lowest BCUT2D eigenvalue weighted by Crippen LogP contribution is -2.33. The molecule has 92 valence electrons. The van der Waals surface area contributed by atoms with Crippen LogP contribution in [-0.4, -0.2) is 12.5 Å². The van der Waals surface area contributed by atoms with Crippen molar-refractivity contribution in [2.75, 3.05) is 11.4 Å². The lowest BCUT2D eigenvalue weighted by molar-refractivity contribution is -0.119. The molecule has 1 atom stereocenters. The third kappa shape index (κ3) is 2.31. The lowest BCUT2D eigenvalue weighted by Gasteiger charge is -2.18. The SMILES string of the molecule is CC(C)CCN1C(=O)C(N)c2cc(Cl)ccc21. The number of nitrogens with two attached hydrogens (primary N) is 1. The van der Waals surface area contributed by atoms with Gasteiger partial charge in [0.05, 0.1) is 0 Å². The topological polar surface area (TPSA) is 46.3 Å². The molecule has 1 unspecified atom stereocenters. The summed E-state index contributed by atoms with van der Waals surface area (Å²) in [6.07, 6.45) is 0.973. The molecule has 1 aromatic rings. The summed E-state index contributed by atoms with van der Waals surface area (Å²) in [4.78, 5) is 13.8. The quantitative estimate of drug-likeness (QED) is 0.899. The maximum absolute atomic E-state index is 12.0. The summed E-state index contributed by atoms with van der Waals surface area (Å²) < 4.78 is 0. The molecular formula is C13H17ClN2O. The molecule has 0 aliphatic carbocycles. The van der Waals surface area contributed by atoms with Crippen LogP contribution in [0.4, 0.5) is 5.69 Å². The monoisotopic (exact) mass is 252 g/mol. The van der Waals surface area contributed by atoms with E-state index in [2.05, 4.69) is 13.8 Å². The number of halogens is 1. The Morgan fingerprint density at radius 2 is 2.18 bits per heavy atom. The zero-order valence-corrected chi connectivity index (χ0v) is 10.9. The highest BCUT2D eigenvalue weighted by Gasteiger charge is 2.34. The molecule has 4 heteroatoms. The molecule has 2 N–H and O–H groups in total. The van der Waals surface area contributed by atoms with E-state index in [9.17, 15) is 4.79 Å². The summed E-state index contributed by atoms with van der Waals surface area (Å²) in [5, 5.41) is 0.623. The van der Waals surface area contributed by atoms with Gasteiger partial charge in [0.25, 0.3) is 0 Å². The second-order valence-electron chi connectivity index (χ2n) is 4.85. The molecule has 0 saturated heterocycles. The molecule has 1 aliphatic rings. The largest absolute Gasteiger partial charge is 0.316 e. The number of carbonyl (C=O) groups is 1. The molecule has 0 fully saturated rings. The summed E-state index contributed by atoms with van der Waals surface area (Å²) >= 11 is 5.93. The Kier molecular flexibility index (Phi) is 3.40. The van der Waals surface area contributed by atoms with E-state index >= 15 is 0 Å². The van der Waals surface area contributed by atoms with Crippen LogP contribution >= 0.6 is 11.6 Å².